The van der Waals surface area contributed by atoms with Gasteiger partial charge in [0.1, 0.15) is 0 Å². The van der Waals surface area contributed by atoms with Crippen LogP contribution in [0.4, 0.5) is 5.69 Å². The van der Waals surface area contributed by atoms with E-state index in [1.807, 2.05) is 31.2 Å². The second kappa shape index (κ2) is 8.53. The van der Waals surface area contributed by atoms with E-state index in [1.165, 1.54) is 17.8 Å². The molecule has 0 unspecified atom stereocenters. The number of nitro benzene ring substituents is 1. The Balaban J connectivity index is 0.00000243. The third-order valence-corrected chi connectivity index (χ3v) is 5.24. The van der Waals surface area contributed by atoms with Crippen LogP contribution < -0.4 is 5.73 Å². The molecule has 1 heterocycles. The van der Waals surface area contributed by atoms with Crippen LogP contribution in [0.5, 0.6) is 0 Å². The number of nitrogens with zero attached hydrogens (tertiary/aromatic N) is 2. The van der Waals surface area contributed by atoms with E-state index in [-0.39, 0.29) is 30.0 Å². The summed E-state index contributed by atoms with van der Waals surface area (Å²) < 4.78 is 0. The van der Waals surface area contributed by atoms with Crippen molar-refractivity contribution in [3.05, 3.63) is 63.7 Å². The topological polar surface area (TPSA) is 89.5 Å². The van der Waals surface area contributed by atoms with Gasteiger partial charge >= 0.3 is 0 Å². The van der Waals surface area contributed by atoms with E-state index in [1.54, 1.807) is 17.0 Å². The lowest BCUT2D eigenvalue weighted by atomic mass is 10.2. The summed E-state index contributed by atoms with van der Waals surface area (Å²) in [7, 11) is 0. The fourth-order valence-corrected chi connectivity index (χ4v) is 3.67. The normalized spacial score (nSPS) is 16.2. The smallest absolute Gasteiger partial charge is 0.284 e. The zero-order chi connectivity index (χ0) is 18.0. The van der Waals surface area contributed by atoms with Gasteiger partial charge in [0.05, 0.1) is 9.82 Å². The molecule has 0 aliphatic carbocycles. The summed E-state index contributed by atoms with van der Waals surface area (Å²) in [6.45, 7) is 3.07. The maximum Gasteiger partial charge on any atom is 0.284 e. The standard InChI is InChI=1S/C18H19N3O3S.ClH/c1-12-2-5-15(6-3-12)25-17-7-4-13(10-16(17)21(23)24)18(22)20-9-8-14(19)11-20;/h2-7,10,14H,8-9,11,19H2,1H3;1H/t14-;/m1./s1. The van der Waals surface area contributed by atoms with Crippen LogP contribution in [0.15, 0.2) is 52.3 Å². The molecule has 26 heavy (non-hydrogen) atoms. The van der Waals surface area contributed by atoms with Crippen LogP contribution in [0.1, 0.15) is 22.3 Å². The summed E-state index contributed by atoms with van der Waals surface area (Å²) in [6.07, 6.45) is 0.759. The predicted molar refractivity (Wildman–Crippen MR) is 104 cm³/mol. The third-order valence-electron chi connectivity index (χ3n) is 4.16. The fourth-order valence-electron chi connectivity index (χ4n) is 2.77. The Morgan fingerprint density at radius 1 is 1.27 bits per heavy atom. The maximum absolute atomic E-state index is 12.5. The lowest BCUT2D eigenvalue weighted by Crippen LogP contribution is -2.31. The van der Waals surface area contributed by atoms with E-state index in [0.29, 0.717) is 23.5 Å². The molecule has 0 bridgehead atoms. The molecule has 0 spiro atoms. The molecule has 1 atom stereocenters. The first-order chi connectivity index (χ1) is 11.9. The molecule has 0 aromatic heterocycles. The van der Waals surface area contributed by atoms with Gasteiger partial charge in [0.25, 0.3) is 11.6 Å². The van der Waals surface area contributed by atoms with Crippen LogP contribution in [-0.4, -0.2) is 34.9 Å². The number of halogens is 1. The number of rotatable bonds is 4. The quantitative estimate of drug-likeness (QED) is 0.632. The Morgan fingerprint density at radius 3 is 2.54 bits per heavy atom. The molecule has 6 nitrogen and oxygen atoms in total. The summed E-state index contributed by atoms with van der Waals surface area (Å²) in [5, 5.41) is 11.5. The van der Waals surface area contributed by atoms with Crippen LogP contribution in [-0.2, 0) is 0 Å². The molecule has 1 aliphatic rings. The van der Waals surface area contributed by atoms with Crippen molar-refractivity contribution in [2.45, 2.75) is 29.2 Å². The molecule has 2 aromatic carbocycles. The lowest BCUT2D eigenvalue weighted by Gasteiger charge is -2.16. The van der Waals surface area contributed by atoms with Crippen LogP contribution in [0, 0.1) is 17.0 Å². The Morgan fingerprint density at radius 2 is 1.96 bits per heavy atom. The van der Waals surface area contributed by atoms with Crippen molar-refractivity contribution in [2.75, 3.05) is 13.1 Å². The number of aryl methyl sites for hydroxylation is 1. The molecule has 0 radical (unpaired) electrons. The highest BCUT2D eigenvalue weighted by molar-refractivity contribution is 7.99. The zero-order valence-corrected chi connectivity index (χ0v) is 15.9. The molecular formula is C18H20ClN3O3S. The number of nitro groups is 1. The van der Waals surface area contributed by atoms with Gasteiger partial charge in [0, 0.05) is 35.7 Å². The first-order valence-electron chi connectivity index (χ1n) is 8.02. The van der Waals surface area contributed by atoms with Crippen LogP contribution >= 0.6 is 24.2 Å². The van der Waals surface area contributed by atoms with E-state index in [0.717, 1.165) is 16.9 Å². The summed E-state index contributed by atoms with van der Waals surface area (Å²) in [5.74, 6) is -0.206. The number of hydrogen-bond acceptors (Lipinski definition) is 5. The highest BCUT2D eigenvalue weighted by atomic mass is 35.5. The number of hydrogen-bond donors (Lipinski definition) is 1. The summed E-state index contributed by atoms with van der Waals surface area (Å²) >= 11 is 1.32. The van der Waals surface area contributed by atoms with Crippen molar-refractivity contribution >= 4 is 35.8 Å². The number of carbonyl (C=O) groups excluding carboxylic acids is 1. The van der Waals surface area contributed by atoms with E-state index in [9.17, 15) is 14.9 Å². The summed E-state index contributed by atoms with van der Waals surface area (Å²) in [5.41, 5.74) is 7.23. The number of likely N-dealkylation sites (tertiary alicyclic amines) is 1. The molecule has 1 fully saturated rings. The van der Waals surface area contributed by atoms with E-state index < -0.39 is 4.92 Å². The molecular weight excluding hydrogens is 374 g/mol. The third kappa shape index (κ3) is 4.55. The second-order valence-corrected chi connectivity index (χ2v) is 7.27. The van der Waals surface area contributed by atoms with Crippen molar-refractivity contribution in [3.63, 3.8) is 0 Å². The highest BCUT2D eigenvalue weighted by Gasteiger charge is 2.26. The lowest BCUT2D eigenvalue weighted by molar-refractivity contribution is -0.387. The molecule has 138 valence electrons. The Hall–Kier alpha value is -2.09. The molecule has 2 N–H and O–H groups in total. The van der Waals surface area contributed by atoms with Gasteiger partial charge in [-0.15, -0.1) is 12.4 Å². The summed E-state index contributed by atoms with van der Waals surface area (Å²) in [4.78, 5) is 26.6. The van der Waals surface area contributed by atoms with Crippen molar-refractivity contribution in [1.82, 2.24) is 4.90 Å². The highest BCUT2D eigenvalue weighted by Crippen LogP contribution is 2.35. The van der Waals surface area contributed by atoms with Gasteiger partial charge in [-0.2, -0.15) is 0 Å². The zero-order valence-electron chi connectivity index (χ0n) is 14.3. The number of benzene rings is 2. The summed E-state index contributed by atoms with van der Waals surface area (Å²) in [6, 6.07) is 12.4. The predicted octanol–water partition coefficient (Wildman–Crippen LogP) is 3.65. The molecule has 8 heteroatoms. The van der Waals surface area contributed by atoms with Gasteiger partial charge in [-0.05, 0) is 37.6 Å². The van der Waals surface area contributed by atoms with Gasteiger partial charge in [0.15, 0.2) is 0 Å². The Kier molecular flexibility index (Phi) is 6.63. The van der Waals surface area contributed by atoms with Gasteiger partial charge < -0.3 is 10.6 Å². The first-order valence-corrected chi connectivity index (χ1v) is 8.83. The van der Waals surface area contributed by atoms with E-state index in [4.69, 9.17) is 5.73 Å². The molecule has 1 amide bonds. The van der Waals surface area contributed by atoms with E-state index >= 15 is 0 Å². The van der Waals surface area contributed by atoms with Crippen LogP contribution in [0.2, 0.25) is 0 Å². The monoisotopic (exact) mass is 393 g/mol. The average Bonchev–Trinajstić information content (AvgIpc) is 3.03. The Labute approximate surface area is 162 Å². The molecule has 2 aromatic rings. The van der Waals surface area contributed by atoms with Gasteiger partial charge in [-0.3, -0.25) is 14.9 Å². The van der Waals surface area contributed by atoms with Gasteiger partial charge in [-0.1, -0.05) is 29.5 Å². The second-order valence-electron chi connectivity index (χ2n) is 6.15. The number of carbonyl (C=O) groups is 1. The molecule has 0 saturated carbocycles. The van der Waals surface area contributed by atoms with Crippen molar-refractivity contribution < 1.29 is 9.72 Å². The molecule has 3 rings (SSSR count). The minimum atomic E-state index is -0.441. The number of amides is 1. The van der Waals surface area contributed by atoms with Crippen LogP contribution in [0.25, 0.3) is 0 Å². The van der Waals surface area contributed by atoms with Crippen molar-refractivity contribution in [3.8, 4) is 0 Å². The minimum absolute atomic E-state index is 0. The van der Waals surface area contributed by atoms with E-state index in [2.05, 4.69) is 0 Å². The van der Waals surface area contributed by atoms with Crippen molar-refractivity contribution in [1.29, 1.82) is 0 Å². The molecule has 1 aliphatic heterocycles. The fraction of sp³-hybridized carbons (Fsp3) is 0.278. The average molecular weight is 394 g/mol. The largest absolute Gasteiger partial charge is 0.337 e. The van der Waals surface area contributed by atoms with Crippen molar-refractivity contribution in [2.24, 2.45) is 5.73 Å². The van der Waals surface area contributed by atoms with Crippen LogP contribution in [0.3, 0.4) is 0 Å². The first kappa shape index (κ1) is 20.2. The molecule has 1 saturated heterocycles. The minimum Gasteiger partial charge on any atom is -0.337 e. The van der Waals surface area contributed by atoms with Gasteiger partial charge in [0.2, 0.25) is 0 Å². The SMILES string of the molecule is Cc1ccc(Sc2ccc(C(=O)N3CC[C@@H](N)C3)cc2[N+](=O)[O-])cc1.Cl. The Bertz CT molecular complexity index is 814. The maximum atomic E-state index is 12.5. The number of nitrogens with two attached hydrogens (primary N) is 1. The van der Waals surface area contributed by atoms with Gasteiger partial charge in [-0.25, -0.2) is 0 Å².